The third kappa shape index (κ3) is 4.58. The van der Waals surface area contributed by atoms with Gasteiger partial charge >= 0.3 is 0 Å². The number of hydrogen-bond acceptors (Lipinski definition) is 3. The molecule has 0 aromatic rings. The van der Waals surface area contributed by atoms with Crippen molar-refractivity contribution < 1.29 is 9.90 Å². The van der Waals surface area contributed by atoms with Crippen LogP contribution in [0.1, 0.15) is 19.8 Å². The lowest BCUT2D eigenvalue weighted by molar-refractivity contribution is -0.311. The van der Waals surface area contributed by atoms with E-state index >= 15 is 0 Å². The molecule has 3 nitrogen and oxygen atoms in total. The monoisotopic (exact) mass is 166 g/mol. The highest BCUT2D eigenvalue weighted by atomic mass is 35.5. The summed E-state index contributed by atoms with van der Waals surface area (Å²) >= 11 is 0. The van der Waals surface area contributed by atoms with E-state index in [-0.39, 0.29) is 18.3 Å². The number of aliphatic carboxylic acids is 1. The van der Waals surface area contributed by atoms with Crippen molar-refractivity contribution in [1.29, 1.82) is 0 Å². The van der Waals surface area contributed by atoms with Crippen LogP contribution in [0, 0.1) is 5.92 Å². The van der Waals surface area contributed by atoms with E-state index in [0.29, 0.717) is 19.4 Å². The second-order valence-electron chi connectivity index (χ2n) is 2.00. The standard InChI is InChI=1S/C6H13NO2.ClH/c1-2-5(3-4-7)6(8)9;/h5H,2-4,7H2,1H3,(H,8,9);1H/p-1. The first-order valence-electron chi connectivity index (χ1n) is 3.13. The number of rotatable bonds is 4. The molecule has 0 aromatic heterocycles. The SMILES string of the molecule is CCC(CCN)C(=O)[O-].Cl. The minimum absolute atomic E-state index is 0. The Labute approximate surface area is 67.0 Å². The Balaban J connectivity index is 0. The Morgan fingerprint density at radius 3 is 2.30 bits per heavy atom. The van der Waals surface area contributed by atoms with Gasteiger partial charge in [-0.15, -0.1) is 12.4 Å². The molecule has 0 aliphatic heterocycles. The van der Waals surface area contributed by atoms with Crippen LogP contribution in [0.25, 0.3) is 0 Å². The molecule has 62 valence electrons. The Kier molecular flexibility index (Phi) is 8.48. The molecule has 0 bridgehead atoms. The Hall–Kier alpha value is -0.280. The van der Waals surface area contributed by atoms with Gasteiger partial charge in [-0.3, -0.25) is 0 Å². The minimum Gasteiger partial charge on any atom is -0.550 e. The van der Waals surface area contributed by atoms with Gasteiger partial charge in [-0.2, -0.15) is 0 Å². The molecule has 0 aromatic carbocycles. The second kappa shape index (κ2) is 6.83. The third-order valence-corrected chi connectivity index (χ3v) is 1.34. The topological polar surface area (TPSA) is 66.2 Å². The highest BCUT2D eigenvalue weighted by Crippen LogP contribution is 2.03. The predicted molar refractivity (Wildman–Crippen MR) is 39.7 cm³/mol. The zero-order valence-corrected chi connectivity index (χ0v) is 6.82. The Morgan fingerprint density at radius 2 is 2.20 bits per heavy atom. The first-order chi connectivity index (χ1) is 4.22. The molecule has 0 radical (unpaired) electrons. The molecule has 4 heteroatoms. The first-order valence-corrected chi connectivity index (χ1v) is 3.13. The summed E-state index contributed by atoms with van der Waals surface area (Å²) in [6.45, 7) is 2.24. The maximum absolute atomic E-state index is 10.2. The van der Waals surface area contributed by atoms with Gasteiger partial charge in [0.15, 0.2) is 0 Å². The maximum Gasteiger partial charge on any atom is 0.0445 e. The average Bonchev–Trinajstić information content (AvgIpc) is 1.82. The molecule has 1 unspecified atom stereocenters. The highest BCUT2D eigenvalue weighted by molar-refractivity contribution is 5.85. The van der Waals surface area contributed by atoms with Crippen molar-refractivity contribution in [3.8, 4) is 0 Å². The Bertz CT molecular complexity index is 97.7. The van der Waals surface area contributed by atoms with Gasteiger partial charge in [0.25, 0.3) is 0 Å². The fourth-order valence-electron chi connectivity index (χ4n) is 0.690. The van der Waals surface area contributed by atoms with Gasteiger partial charge in [-0.1, -0.05) is 6.92 Å². The molecule has 0 saturated carbocycles. The number of carboxylic acids is 1. The van der Waals surface area contributed by atoms with Crippen molar-refractivity contribution in [3.05, 3.63) is 0 Å². The van der Waals surface area contributed by atoms with Crippen LogP contribution in [-0.4, -0.2) is 12.5 Å². The van der Waals surface area contributed by atoms with Crippen LogP contribution in [0.15, 0.2) is 0 Å². The van der Waals surface area contributed by atoms with Gasteiger partial charge in [0.1, 0.15) is 0 Å². The van der Waals surface area contributed by atoms with Gasteiger partial charge in [-0.25, -0.2) is 0 Å². The fraction of sp³-hybridized carbons (Fsp3) is 0.833. The van der Waals surface area contributed by atoms with Crippen molar-refractivity contribution in [2.24, 2.45) is 11.7 Å². The number of nitrogens with two attached hydrogens (primary N) is 1. The van der Waals surface area contributed by atoms with Crippen molar-refractivity contribution in [3.63, 3.8) is 0 Å². The maximum atomic E-state index is 10.2. The zero-order valence-electron chi connectivity index (χ0n) is 6.00. The smallest absolute Gasteiger partial charge is 0.0445 e. The van der Waals surface area contributed by atoms with E-state index in [9.17, 15) is 9.90 Å². The lowest BCUT2D eigenvalue weighted by atomic mass is 10.0. The summed E-state index contributed by atoms with van der Waals surface area (Å²) in [5.41, 5.74) is 5.15. The summed E-state index contributed by atoms with van der Waals surface area (Å²) in [4.78, 5) is 10.2. The second-order valence-corrected chi connectivity index (χ2v) is 2.00. The number of halogens is 1. The van der Waals surface area contributed by atoms with E-state index in [1.165, 1.54) is 0 Å². The molecule has 10 heavy (non-hydrogen) atoms. The summed E-state index contributed by atoms with van der Waals surface area (Å²) in [5, 5.41) is 10.2. The van der Waals surface area contributed by atoms with Crippen LogP contribution in [0.4, 0.5) is 0 Å². The molecule has 0 saturated heterocycles. The number of carboxylic acid groups (broad SMARTS) is 1. The van der Waals surface area contributed by atoms with Crippen molar-refractivity contribution in [2.75, 3.05) is 6.54 Å². The Morgan fingerprint density at radius 1 is 1.70 bits per heavy atom. The van der Waals surface area contributed by atoms with Crippen LogP contribution in [0.3, 0.4) is 0 Å². The molecule has 0 amide bonds. The van der Waals surface area contributed by atoms with E-state index in [1.807, 2.05) is 6.92 Å². The van der Waals surface area contributed by atoms with E-state index in [2.05, 4.69) is 0 Å². The summed E-state index contributed by atoms with van der Waals surface area (Å²) in [5.74, 6) is -1.34. The normalized spacial score (nSPS) is 11.8. The molecule has 0 aliphatic carbocycles. The largest absolute Gasteiger partial charge is 0.550 e. The third-order valence-electron chi connectivity index (χ3n) is 1.34. The van der Waals surface area contributed by atoms with Crippen molar-refractivity contribution in [1.82, 2.24) is 0 Å². The van der Waals surface area contributed by atoms with E-state index in [4.69, 9.17) is 5.73 Å². The number of carbonyl (C=O) groups is 1. The average molecular weight is 167 g/mol. The lowest BCUT2D eigenvalue weighted by Crippen LogP contribution is -2.32. The summed E-state index contributed by atoms with van der Waals surface area (Å²) < 4.78 is 0. The van der Waals surface area contributed by atoms with Crippen LogP contribution in [-0.2, 0) is 4.79 Å². The molecule has 0 rings (SSSR count). The summed E-state index contributed by atoms with van der Waals surface area (Å²) in [6.07, 6.45) is 1.14. The van der Waals surface area contributed by atoms with Crippen LogP contribution >= 0.6 is 12.4 Å². The van der Waals surface area contributed by atoms with E-state index < -0.39 is 5.97 Å². The highest BCUT2D eigenvalue weighted by Gasteiger charge is 2.03. The van der Waals surface area contributed by atoms with Crippen LogP contribution in [0.5, 0.6) is 0 Å². The summed E-state index contributed by atoms with van der Waals surface area (Å²) in [7, 11) is 0. The molecular weight excluding hydrogens is 154 g/mol. The minimum atomic E-state index is -0.983. The molecule has 0 fully saturated rings. The van der Waals surface area contributed by atoms with Crippen LogP contribution < -0.4 is 10.8 Å². The molecule has 0 heterocycles. The zero-order chi connectivity index (χ0) is 7.28. The molecule has 0 spiro atoms. The predicted octanol–water partition coefficient (Wildman–Crippen LogP) is -0.467. The first kappa shape index (κ1) is 12.4. The quantitative estimate of drug-likeness (QED) is 0.614. The van der Waals surface area contributed by atoms with Crippen molar-refractivity contribution in [2.45, 2.75) is 19.8 Å². The van der Waals surface area contributed by atoms with Gasteiger partial charge in [-0.05, 0) is 25.3 Å². The van der Waals surface area contributed by atoms with Gasteiger partial charge < -0.3 is 15.6 Å². The molecular formula is C6H13ClNO2-. The molecule has 1 atom stereocenters. The lowest BCUT2D eigenvalue weighted by Gasteiger charge is -2.13. The van der Waals surface area contributed by atoms with E-state index in [1.54, 1.807) is 0 Å². The van der Waals surface area contributed by atoms with Crippen LogP contribution in [0.2, 0.25) is 0 Å². The number of carbonyl (C=O) groups excluding carboxylic acids is 1. The fourth-order valence-corrected chi connectivity index (χ4v) is 0.690. The summed E-state index contributed by atoms with van der Waals surface area (Å²) in [6, 6.07) is 0. The van der Waals surface area contributed by atoms with Crippen molar-refractivity contribution >= 4 is 18.4 Å². The van der Waals surface area contributed by atoms with Gasteiger partial charge in [0.2, 0.25) is 0 Å². The number of hydrogen-bond donors (Lipinski definition) is 1. The van der Waals surface area contributed by atoms with Gasteiger partial charge in [0.05, 0.1) is 0 Å². The molecule has 2 N–H and O–H groups in total. The van der Waals surface area contributed by atoms with Gasteiger partial charge in [0, 0.05) is 5.97 Å². The van der Waals surface area contributed by atoms with E-state index in [0.717, 1.165) is 0 Å². The molecule has 0 aliphatic rings.